The van der Waals surface area contributed by atoms with Gasteiger partial charge in [0.1, 0.15) is 6.04 Å². The molecule has 1 aromatic carbocycles. The summed E-state index contributed by atoms with van der Waals surface area (Å²) in [6, 6.07) is 12.3. The lowest BCUT2D eigenvalue weighted by Gasteiger charge is -2.43. The second kappa shape index (κ2) is 10.5. The number of nitrogens with one attached hydrogen (secondary N) is 2. The molecule has 1 fully saturated rings. The molecule has 1 saturated heterocycles. The number of likely N-dealkylation sites (tertiary alicyclic amines) is 1. The van der Waals surface area contributed by atoms with Gasteiger partial charge in [-0.1, -0.05) is 31.2 Å². The fourth-order valence-corrected chi connectivity index (χ4v) is 5.45. The first-order chi connectivity index (χ1) is 16.0. The van der Waals surface area contributed by atoms with Crippen molar-refractivity contribution in [3.63, 3.8) is 0 Å². The fourth-order valence-electron chi connectivity index (χ4n) is 4.98. The van der Waals surface area contributed by atoms with Crippen molar-refractivity contribution in [3.8, 4) is 0 Å². The number of nitrogens with zero attached hydrogens (tertiary/aromatic N) is 2. The summed E-state index contributed by atoms with van der Waals surface area (Å²) >= 11 is 1.65. The number of amides is 3. The number of carbonyl (C=O) groups is 2. The van der Waals surface area contributed by atoms with E-state index < -0.39 is 6.04 Å². The van der Waals surface area contributed by atoms with Crippen molar-refractivity contribution in [1.29, 1.82) is 0 Å². The average molecular weight is 469 g/mol. The van der Waals surface area contributed by atoms with E-state index in [1.165, 1.54) is 0 Å². The molecule has 176 valence electrons. The summed E-state index contributed by atoms with van der Waals surface area (Å²) in [7, 11) is 0. The van der Waals surface area contributed by atoms with Gasteiger partial charge in [-0.15, -0.1) is 0 Å². The predicted molar refractivity (Wildman–Crippen MR) is 133 cm³/mol. The van der Waals surface area contributed by atoms with E-state index >= 15 is 0 Å². The monoisotopic (exact) mass is 468 g/mol. The van der Waals surface area contributed by atoms with E-state index in [2.05, 4.69) is 17.6 Å². The summed E-state index contributed by atoms with van der Waals surface area (Å²) in [5.74, 6) is 0.978. The van der Waals surface area contributed by atoms with Crippen molar-refractivity contribution in [1.82, 2.24) is 14.8 Å². The number of thioether (sulfide) groups is 1. The van der Waals surface area contributed by atoms with Gasteiger partial charge in [0.2, 0.25) is 5.91 Å². The number of hydrogen-bond acceptors (Lipinski definition) is 4. The van der Waals surface area contributed by atoms with Crippen molar-refractivity contribution < 1.29 is 9.59 Å². The van der Waals surface area contributed by atoms with Crippen molar-refractivity contribution in [2.75, 3.05) is 30.4 Å². The molecule has 3 amide bonds. The molecule has 33 heavy (non-hydrogen) atoms. The van der Waals surface area contributed by atoms with Gasteiger partial charge in [-0.05, 0) is 54.9 Å². The van der Waals surface area contributed by atoms with Gasteiger partial charge >= 0.3 is 6.03 Å². The van der Waals surface area contributed by atoms with Crippen molar-refractivity contribution in [2.45, 2.75) is 44.7 Å². The molecule has 0 radical (unpaired) electrons. The van der Waals surface area contributed by atoms with Crippen LogP contribution in [0, 0.1) is 5.92 Å². The zero-order chi connectivity index (χ0) is 23.4. The van der Waals surface area contributed by atoms with Gasteiger partial charge in [0.05, 0.1) is 0 Å². The Labute approximate surface area is 198 Å². The van der Waals surface area contributed by atoms with E-state index in [1.54, 1.807) is 23.9 Å². The largest absolute Gasteiger partial charge is 0.326 e. The highest BCUT2D eigenvalue weighted by Crippen LogP contribution is 2.34. The van der Waals surface area contributed by atoms with Crippen LogP contribution >= 0.6 is 11.8 Å². The number of para-hydroxylation sites is 1. The second-order valence-electron chi connectivity index (χ2n) is 8.89. The van der Waals surface area contributed by atoms with Crippen LogP contribution in [0.4, 0.5) is 10.5 Å². The third-order valence-electron chi connectivity index (χ3n) is 6.65. The van der Waals surface area contributed by atoms with E-state index in [-0.39, 0.29) is 29.3 Å². The zero-order valence-electron chi connectivity index (χ0n) is 19.3. The number of fused-ring (bicyclic) bond motifs is 4. The van der Waals surface area contributed by atoms with Gasteiger partial charge in [-0.3, -0.25) is 9.59 Å². The normalized spacial score (nSPS) is 20.0. The summed E-state index contributed by atoms with van der Waals surface area (Å²) in [5, 5.41) is 6.02. The SMILES string of the molecule is CCc1ccccc1NC(=O)[C@H](CCSC)NC(=O)N1C[C@@H]2C[C@H](C1)c1cccc(=O)n1C2. The molecule has 2 N–H and O–H groups in total. The van der Waals surface area contributed by atoms with Crippen LogP contribution in [0.3, 0.4) is 0 Å². The summed E-state index contributed by atoms with van der Waals surface area (Å²) in [4.78, 5) is 40.4. The molecular weight excluding hydrogens is 436 g/mol. The Hall–Kier alpha value is -2.74. The average Bonchev–Trinajstić information content (AvgIpc) is 2.82. The first-order valence-corrected chi connectivity index (χ1v) is 13.0. The van der Waals surface area contributed by atoms with E-state index in [4.69, 9.17) is 0 Å². The smallest absolute Gasteiger partial charge is 0.318 e. The molecule has 7 nitrogen and oxygen atoms in total. The number of urea groups is 1. The summed E-state index contributed by atoms with van der Waals surface area (Å²) in [6.07, 6.45) is 4.36. The highest BCUT2D eigenvalue weighted by atomic mass is 32.2. The number of aryl methyl sites for hydroxylation is 1. The minimum Gasteiger partial charge on any atom is -0.326 e. The van der Waals surface area contributed by atoms with E-state index in [0.717, 1.165) is 35.5 Å². The topological polar surface area (TPSA) is 83.4 Å². The quantitative estimate of drug-likeness (QED) is 0.653. The third-order valence-corrected chi connectivity index (χ3v) is 7.29. The lowest BCUT2D eigenvalue weighted by Crippen LogP contribution is -2.55. The molecule has 3 heterocycles. The van der Waals surface area contributed by atoms with E-state index in [9.17, 15) is 14.4 Å². The maximum Gasteiger partial charge on any atom is 0.318 e. The van der Waals surface area contributed by atoms with E-state index in [0.29, 0.717) is 26.1 Å². The molecule has 2 aromatic rings. The fraction of sp³-hybridized carbons (Fsp3) is 0.480. The predicted octanol–water partition coefficient (Wildman–Crippen LogP) is 3.30. The number of anilines is 1. The van der Waals surface area contributed by atoms with Crippen LogP contribution in [0.2, 0.25) is 0 Å². The minimum absolute atomic E-state index is 0.0289. The molecule has 8 heteroatoms. The summed E-state index contributed by atoms with van der Waals surface area (Å²) in [6.45, 7) is 3.84. The number of benzene rings is 1. The van der Waals surface area contributed by atoms with Gasteiger partial charge in [-0.2, -0.15) is 11.8 Å². The van der Waals surface area contributed by atoms with Crippen LogP contribution in [-0.2, 0) is 17.8 Å². The van der Waals surface area contributed by atoms with Crippen molar-refractivity contribution >= 4 is 29.4 Å². The number of piperidine rings is 1. The minimum atomic E-state index is -0.605. The number of aromatic nitrogens is 1. The molecule has 3 atom stereocenters. The van der Waals surface area contributed by atoms with Gasteiger partial charge in [-0.25, -0.2) is 4.79 Å². The zero-order valence-corrected chi connectivity index (χ0v) is 20.1. The second-order valence-corrected chi connectivity index (χ2v) is 9.87. The Bertz CT molecular complexity index is 1070. The third kappa shape index (κ3) is 5.27. The van der Waals surface area contributed by atoms with Crippen LogP contribution in [0.1, 0.15) is 36.9 Å². The maximum atomic E-state index is 13.2. The van der Waals surface area contributed by atoms with Gasteiger partial charge < -0.3 is 20.1 Å². The van der Waals surface area contributed by atoms with Crippen LogP contribution in [0.5, 0.6) is 0 Å². The molecule has 0 unspecified atom stereocenters. The Balaban J connectivity index is 1.45. The Kier molecular flexibility index (Phi) is 7.42. The van der Waals surface area contributed by atoms with Crippen LogP contribution in [0.25, 0.3) is 0 Å². The number of rotatable bonds is 7. The Morgan fingerprint density at radius 1 is 1.12 bits per heavy atom. The van der Waals surface area contributed by atoms with Gasteiger partial charge in [0.25, 0.3) is 5.56 Å². The van der Waals surface area contributed by atoms with Crippen LogP contribution < -0.4 is 16.2 Å². The molecular formula is C25H32N4O3S. The molecule has 4 rings (SSSR count). The lowest BCUT2D eigenvalue weighted by molar-refractivity contribution is -0.118. The standard InChI is InChI=1S/C25H32N4O3S/c1-3-18-7-4-5-8-20(18)26-24(31)21(11-12-33-2)27-25(32)28-14-17-13-19(16-28)22-9-6-10-23(30)29(22)15-17/h4-10,17,19,21H,3,11-16H2,1-2H3,(H,26,31)(H,27,32)/t17-,19+,21-/m0/s1. The number of pyridine rings is 1. The number of carbonyl (C=O) groups excluding carboxylic acids is 2. The van der Waals surface area contributed by atoms with Crippen LogP contribution in [-0.4, -0.2) is 52.5 Å². The summed E-state index contributed by atoms with van der Waals surface area (Å²) < 4.78 is 1.86. The van der Waals surface area contributed by atoms with Gasteiger partial charge in [0.15, 0.2) is 0 Å². The Morgan fingerprint density at radius 2 is 1.94 bits per heavy atom. The molecule has 0 spiro atoms. The lowest BCUT2D eigenvalue weighted by atomic mass is 9.83. The van der Waals surface area contributed by atoms with Crippen LogP contribution in [0.15, 0.2) is 47.3 Å². The molecule has 2 bridgehead atoms. The molecule has 2 aliphatic heterocycles. The molecule has 1 aromatic heterocycles. The number of hydrogen-bond donors (Lipinski definition) is 2. The Morgan fingerprint density at radius 3 is 2.73 bits per heavy atom. The first-order valence-electron chi connectivity index (χ1n) is 11.6. The van der Waals surface area contributed by atoms with Crippen molar-refractivity contribution in [3.05, 3.63) is 64.1 Å². The maximum absolute atomic E-state index is 13.2. The summed E-state index contributed by atoms with van der Waals surface area (Å²) in [5.41, 5.74) is 2.90. The molecule has 0 saturated carbocycles. The molecule has 0 aliphatic carbocycles. The van der Waals surface area contributed by atoms with Crippen molar-refractivity contribution in [2.24, 2.45) is 5.92 Å². The highest BCUT2D eigenvalue weighted by Gasteiger charge is 2.37. The van der Waals surface area contributed by atoms with E-state index in [1.807, 2.05) is 46.1 Å². The molecule has 2 aliphatic rings. The van der Waals surface area contributed by atoms with Gasteiger partial charge in [0, 0.05) is 43.0 Å². The highest BCUT2D eigenvalue weighted by molar-refractivity contribution is 7.98. The first kappa shape index (κ1) is 23.4.